The van der Waals surface area contributed by atoms with E-state index in [9.17, 15) is 18.0 Å². The maximum Gasteiger partial charge on any atom is 0.390 e. The highest BCUT2D eigenvalue weighted by atomic mass is 19.4. The van der Waals surface area contributed by atoms with Crippen LogP contribution in [0.4, 0.5) is 13.2 Å². The van der Waals surface area contributed by atoms with Gasteiger partial charge >= 0.3 is 6.18 Å². The van der Waals surface area contributed by atoms with Crippen LogP contribution in [0.1, 0.15) is 12.0 Å². The minimum atomic E-state index is -4.22. The molecule has 22 heavy (non-hydrogen) atoms. The van der Waals surface area contributed by atoms with Gasteiger partial charge in [0.05, 0.1) is 13.0 Å². The Balaban J connectivity index is 2.24. The fraction of sp³-hybridized carbons (Fsp3) is 0.429. The van der Waals surface area contributed by atoms with Crippen molar-refractivity contribution in [2.75, 3.05) is 20.1 Å². The van der Waals surface area contributed by atoms with Gasteiger partial charge in [-0.2, -0.15) is 13.2 Å². The fourth-order valence-corrected chi connectivity index (χ4v) is 1.57. The lowest BCUT2D eigenvalue weighted by molar-refractivity contribution is -0.132. The second-order valence-corrected chi connectivity index (χ2v) is 4.48. The Bertz CT molecular complexity index is 489. The highest BCUT2D eigenvalue weighted by Gasteiger charge is 2.26. The van der Waals surface area contributed by atoms with E-state index in [0.717, 1.165) is 5.56 Å². The number of aliphatic imine (C=N–C) groups is 1. The van der Waals surface area contributed by atoms with Crippen LogP contribution in [-0.4, -0.2) is 38.2 Å². The number of amides is 1. The van der Waals surface area contributed by atoms with Crippen LogP contribution in [0.25, 0.3) is 0 Å². The lowest BCUT2D eigenvalue weighted by Gasteiger charge is -2.13. The van der Waals surface area contributed by atoms with Gasteiger partial charge in [-0.15, -0.1) is 0 Å². The molecule has 122 valence electrons. The number of rotatable bonds is 6. The van der Waals surface area contributed by atoms with Crippen LogP contribution < -0.4 is 16.0 Å². The zero-order valence-corrected chi connectivity index (χ0v) is 12.2. The Hall–Kier alpha value is -2.25. The van der Waals surface area contributed by atoms with Crippen molar-refractivity contribution in [1.82, 2.24) is 16.0 Å². The number of hydrogen-bond acceptors (Lipinski definition) is 2. The Morgan fingerprint density at radius 3 is 2.41 bits per heavy atom. The van der Waals surface area contributed by atoms with Gasteiger partial charge in [0.1, 0.15) is 0 Å². The van der Waals surface area contributed by atoms with E-state index < -0.39 is 12.6 Å². The van der Waals surface area contributed by atoms with Crippen LogP contribution in [0.15, 0.2) is 35.3 Å². The molecule has 0 spiro atoms. The number of alkyl halides is 3. The van der Waals surface area contributed by atoms with Crippen LogP contribution in [0, 0.1) is 0 Å². The first-order valence-electron chi connectivity index (χ1n) is 6.72. The minimum absolute atomic E-state index is 0.0709. The first-order valence-corrected chi connectivity index (χ1v) is 6.72. The molecule has 1 rings (SSSR count). The fourth-order valence-electron chi connectivity index (χ4n) is 1.57. The van der Waals surface area contributed by atoms with Crippen molar-refractivity contribution in [3.8, 4) is 0 Å². The van der Waals surface area contributed by atoms with Crippen molar-refractivity contribution in [1.29, 1.82) is 0 Å². The van der Waals surface area contributed by atoms with Gasteiger partial charge in [-0.1, -0.05) is 30.3 Å². The number of nitrogens with zero attached hydrogens (tertiary/aromatic N) is 1. The molecule has 0 aromatic heterocycles. The molecule has 1 amide bonds. The summed E-state index contributed by atoms with van der Waals surface area (Å²) >= 11 is 0. The summed E-state index contributed by atoms with van der Waals surface area (Å²) in [6.07, 6.45) is -5.19. The largest absolute Gasteiger partial charge is 0.390 e. The third-order valence-electron chi connectivity index (χ3n) is 2.67. The zero-order chi connectivity index (χ0) is 16.4. The molecule has 0 aliphatic carbocycles. The summed E-state index contributed by atoms with van der Waals surface area (Å²) < 4.78 is 36.1. The summed E-state index contributed by atoms with van der Waals surface area (Å²) in [5, 5.41) is 7.84. The molecule has 1 aromatic carbocycles. The smallest absolute Gasteiger partial charge is 0.356 e. The van der Waals surface area contributed by atoms with E-state index in [4.69, 9.17) is 0 Å². The molecule has 0 saturated carbocycles. The van der Waals surface area contributed by atoms with E-state index in [1.165, 1.54) is 7.05 Å². The van der Waals surface area contributed by atoms with Crippen molar-refractivity contribution in [2.45, 2.75) is 19.1 Å². The van der Waals surface area contributed by atoms with Crippen molar-refractivity contribution in [3.63, 3.8) is 0 Å². The summed E-state index contributed by atoms with van der Waals surface area (Å²) in [7, 11) is 1.42. The molecule has 0 fully saturated rings. The van der Waals surface area contributed by atoms with Gasteiger partial charge in [0, 0.05) is 20.1 Å². The molecule has 3 N–H and O–H groups in total. The van der Waals surface area contributed by atoms with E-state index in [-0.39, 0.29) is 25.0 Å². The summed E-state index contributed by atoms with van der Waals surface area (Å²) in [5.41, 5.74) is 0.962. The molecule has 0 radical (unpaired) electrons. The van der Waals surface area contributed by atoms with Crippen LogP contribution in [-0.2, 0) is 11.3 Å². The predicted molar refractivity (Wildman–Crippen MR) is 78.3 cm³/mol. The van der Waals surface area contributed by atoms with E-state index in [2.05, 4.69) is 20.9 Å². The first-order chi connectivity index (χ1) is 10.4. The topological polar surface area (TPSA) is 65.5 Å². The van der Waals surface area contributed by atoms with Crippen LogP contribution in [0.5, 0.6) is 0 Å². The quantitative estimate of drug-likeness (QED) is 0.549. The highest BCUT2D eigenvalue weighted by molar-refractivity contribution is 5.86. The molecule has 0 heterocycles. The Morgan fingerprint density at radius 1 is 1.14 bits per heavy atom. The van der Waals surface area contributed by atoms with Gasteiger partial charge in [0.25, 0.3) is 0 Å². The molecule has 1 aromatic rings. The summed E-state index contributed by atoms with van der Waals surface area (Å²) in [6.45, 7) is 0.0226. The first kappa shape index (κ1) is 17.8. The highest BCUT2D eigenvalue weighted by Crippen LogP contribution is 2.17. The zero-order valence-electron chi connectivity index (χ0n) is 12.2. The molecule has 0 atom stereocenters. The number of carbonyl (C=O) groups is 1. The van der Waals surface area contributed by atoms with Crippen molar-refractivity contribution < 1.29 is 18.0 Å². The number of halogens is 3. The van der Waals surface area contributed by atoms with E-state index in [0.29, 0.717) is 6.54 Å². The molecule has 0 aliphatic rings. The Morgan fingerprint density at radius 2 is 1.82 bits per heavy atom. The van der Waals surface area contributed by atoms with Gasteiger partial charge in [-0.25, -0.2) is 0 Å². The SMILES string of the molecule is CN=C(NCCC(F)(F)F)NCC(=O)NCc1ccccc1. The monoisotopic (exact) mass is 316 g/mol. The molecule has 0 aliphatic heterocycles. The maximum atomic E-state index is 12.0. The van der Waals surface area contributed by atoms with Gasteiger partial charge < -0.3 is 16.0 Å². The summed E-state index contributed by atoms with van der Waals surface area (Å²) in [6, 6.07) is 9.37. The third-order valence-corrected chi connectivity index (χ3v) is 2.67. The Labute approximate surface area is 127 Å². The predicted octanol–water partition coefficient (Wildman–Crippen LogP) is 1.42. The second kappa shape index (κ2) is 8.91. The maximum absolute atomic E-state index is 12.0. The van der Waals surface area contributed by atoms with Crippen LogP contribution in [0.2, 0.25) is 0 Å². The molecule has 0 saturated heterocycles. The Kier molecular flexibility index (Phi) is 7.21. The lowest BCUT2D eigenvalue weighted by atomic mass is 10.2. The normalized spacial score (nSPS) is 11.9. The third kappa shape index (κ3) is 8.13. The van der Waals surface area contributed by atoms with Crippen molar-refractivity contribution in [2.24, 2.45) is 4.99 Å². The summed E-state index contributed by atoms with van der Waals surface area (Å²) in [5.74, 6) is -0.123. The minimum Gasteiger partial charge on any atom is -0.356 e. The number of guanidine groups is 1. The molecule has 0 bridgehead atoms. The van der Waals surface area contributed by atoms with Gasteiger partial charge in [0.2, 0.25) is 5.91 Å². The molecule has 8 heteroatoms. The van der Waals surface area contributed by atoms with Crippen LogP contribution in [0.3, 0.4) is 0 Å². The van der Waals surface area contributed by atoms with Crippen LogP contribution >= 0.6 is 0 Å². The average Bonchev–Trinajstić information content (AvgIpc) is 2.48. The molecular formula is C14H19F3N4O. The number of nitrogens with one attached hydrogen (secondary N) is 3. The molecule has 5 nitrogen and oxygen atoms in total. The summed E-state index contributed by atoms with van der Waals surface area (Å²) in [4.78, 5) is 15.4. The van der Waals surface area contributed by atoms with Gasteiger partial charge in [0.15, 0.2) is 5.96 Å². The average molecular weight is 316 g/mol. The van der Waals surface area contributed by atoms with Gasteiger partial charge in [-0.3, -0.25) is 9.79 Å². The van der Waals surface area contributed by atoms with Crippen molar-refractivity contribution in [3.05, 3.63) is 35.9 Å². The van der Waals surface area contributed by atoms with E-state index in [1.54, 1.807) is 0 Å². The van der Waals surface area contributed by atoms with Crippen molar-refractivity contribution >= 4 is 11.9 Å². The van der Waals surface area contributed by atoms with Gasteiger partial charge in [-0.05, 0) is 5.56 Å². The standard InChI is InChI=1S/C14H19F3N4O/c1-18-13(19-8-7-14(15,16)17)21-10-12(22)20-9-11-5-3-2-4-6-11/h2-6H,7-10H2,1H3,(H,20,22)(H2,18,19,21). The van der Waals surface area contributed by atoms with E-state index >= 15 is 0 Å². The lowest BCUT2D eigenvalue weighted by Crippen LogP contribution is -2.43. The van der Waals surface area contributed by atoms with E-state index in [1.807, 2.05) is 30.3 Å². The second-order valence-electron chi connectivity index (χ2n) is 4.48. The molecule has 0 unspecified atom stereocenters. The number of hydrogen-bond donors (Lipinski definition) is 3. The number of carbonyl (C=O) groups excluding carboxylic acids is 1. The number of benzene rings is 1. The molecular weight excluding hydrogens is 297 g/mol.